The van der Waals surface area contributed by atoms with Crippen molar-refractivity contribution in [2.24, 2.45) is 5.73 Å². The Morgan fingerprint density at radius 1 is 1.35 bits per heavy atom. The zero-order valence-corrected chi connectivity index (χ0v) is 11.3. The first-order chi connectivity index (χ1) is 7.95. The second kappa shape index (κ2) is 6.09. The van der Waals surface area contributed by atoms with Crippen molar-refractivity contribution in [1.82, 2.24) is 4.31 Å². The molecule has 94 valence electrons. The number of hydrogen-bond donors (Lipinski definition) is 1. The summed E-state index contributed by atoms with van der Waals surface area (Å²) in [5.74, 6) is -0.275. The number of sulfonamides is 1. The second-order valence-electron chi connectivity index (χ2n) is 3.63. The molecule has 0 aromatic heterocycles. The van der Waals surface area contributed by atoms with Crippen molar-refractivity contribution < 1.29 is 8.42 Å². The van der Waals surface area contributed by atoms with Crippen LogP contribution >= 0.6 is 12.2 Å². The van der Waals surface area contributed by atoms with Gasteiger partial charge in [0.1, 0.15) is 5.75 Å². The maximum Gasteiger partial charge on any atom is 0.220 e. The van der Waals surface area contributed by atoms with Crippen LogP contribution in [-0.2, 0) is 16.6 Å². The topological polar surface area (TPSA) is 63.4 Å². The molecular formula is C11H16N2O2S2. The molecule has 0 spiro atoms. The molecule has 0 fully saturated rings. The summed E-state index contributed by atoms with van der Waals surface area (Å²) in [6.07, 6.45) is 0. The molecule has 0 atom stereocenters. The maximum absolute atomic E-state index is 11.9. The van der Waals surface area contributed by atoms with Gasteiger partial charge in [-0.05, 0) is 5.56 Å². The van der Waals surface area contributed by atoms with Crippen molar-refractivity contribution in [3.8, 4) is 0 Å². The molecule has 0 saturated carbocycles. The summed E-state index contributed by atoms with van der Waals surface area (Å²) < 4.78 is 25.2. The highest BCUT2D eigenvalue weighted by Crippen LogP contribution is 2.09. The maximum atomic E-state index is 11.9. The molecule has 0 radical (unpaired) electrons. The first kappa shape index (κ1) is 14.1. The van der Waals surface area contributed by atoms with Gasteiger partial charge in [-0.1, -0.05) is 49.5 Å². The highest BCUT2D eigenvalue weighted by atomic mass is 32.2. The Balaban J connectivity index is 2.82. The molecular weight excluding hydrogens is 256 g/mol. The van der Waals surface area contributed by atoms with E-state index in [1.165, 1.54) is 4.31 Å². The summed E-state index contributed by atoms with van der Waals surface area (Å²) in [6.45, 7) is 2.54. The van der Waals surface area contributed by atoms with Gasteiger partial charge in [0.25, 0.3) is 0 Å². The van der Waals surface area contributed by atoms with E-state index in [1.54, 1.807) is 6.92 Å². The lowest BCUT2D eigenvalue weighted by Gasteiger charge is -2.20. The molecule has 1 aromatic carbocycles. The van der Waals surface area contributed by atoms with Gasteiger partial charge in [0.2, 0.25) is 10.0 Å². The van der Waals surface area contributed by atoms with E-state index in [-0.39, 0.29) is 10.7 Å². The third kappa shape index (κ3) is 4.41. The molecule has 0 aliphatic heterocycles. The lowest BCUT2D eigenvalue weighted by molar-refractivity contribution is 0.426. The van der Waals surface area contributed by atoms with E-state index < -0.39 is 10.0 Å². The summed E-state index contributed by atoms with van der Waals surface area (Å²) in [5.41, 5.74) is 6.24. The van der Waals surface area contributed by atoms with E-state index >= 15 is 0 Å². The van der Waals surface area contributed by atoms with Gasteiger partial charge in [-0.25, -0.2) is 8.42 Å². The van der Waals surface area contributed by atoms with Crippen LogP contribution in [0, 0.1) is 0 Å². The Morgan fingerprint density at radius 3 is 2.41 bits per heavy atom. The number of nitrogens with zero attached hydrogens (tertiary/aromatic N) is 1. The second-order valence-corrected chi connectivity index (χ2v) is 6.13. The van der Waals surface area contributed by atoms with E-state index in [0.717, 1.165) is 5.56 Å². The van der Waals surface area contributed by atoms with Gasteiger partial charge < -0.3 is 5.73 Å². The number of nitrogens with two attached hydrogens (primary N) is 1. The van der Waals surface area contributed by atoms with Crippen LogP contribution in [-0.4, -0.2) is 30.0 Å². The molecule has 1 rings (SSSR count). The highest BCUT2D eigenvalue weighted by molar-refractivity contribution is 7.92. The normalized spacial score (nSPS) is 11.6. The van der Waals surface area contributed by atoms with Crippen LogP contribution < -0.4 is 5.73 Å². The van der Waals surface area contributed by atoms with E-state index in [4.69, 9.17) is 5.73 Å². The van der Waals surface area contributed by atoms with Crippen LogP contribution in [0.25, 0.3) is 0 Å². The molecule has 0 saturated heterocycles. The Bertz CT molecular complexity index is 472. The standard InChI is InChI=1S/C11H16N2O2S2/c1-2-13(17(14,15)9-11(12)16)8-10-6-4-3-5-7-10/h3-7H,2,8-9H2,1H3,(H2,12,16). The van der Waals surface area contributed by atoms with Gasteiger partial charge in [-0.15, -0.1) is 0 Å². The number of benzene rings is 1. The van der Waals surface area contributed by atoms with E-state index in [9.17, 15) is 8.42 Å². The highest BCUT2D eigenvalue weighted by Gasteiger charge is 2.21. The molecule has 0 unspecified atom stereocenters. The van der Waals surface area contributed by atoms with Gasteiger partial charge in [0, 0.05) is 13.1 Å². The molecule has 0 heterocycles. The number of hydrogen-bond acceptors (Lipinski definition) is 3. The fraction of sp³-hybridized carbons (Fsp3) is 0.364. The van der Waals surface area contributed by atoms with Crippen molar-refractivity contribution in [3.05, 3.63) is 35.9 Å². The van der Waals surface area contributed by atoms with Crippen molar-refractivity contribution >= 4 is 27.2 Å². The summed E-state index contributed by atoms with van der Waals surface area (Å²) in [7, 11) is -3.40. The molecule has 6 heteroatoms. The summed E-state index contributed by atoms with van der Waals surface area (Å²) >= 11 is 4.65. The van der Waals surface area contributed by atoms with Crippen molar-refractivity contribution in [1.29, 1.82) is 0 Å². The zero-order valence-electron chi connectivity index (χ0n) is 9.67. The average molecular weight is 272 g/mol. The van der Waals surface area contributed by atoms with Crippen LogP contribution in [0.3, 0.4) is 0 Å². The Hall–Kier alpha value is -0.980. The Morgan fingerprint density at radius 2 is 1.94 bits per heavy atom. The fourth-order valence-corrected chi connectivity index (χ4v) is 3.19. The number of rotatable bonds is 6. The smallest absolute Gasteiger partial charge is 0.220 e. The van der Waals surface area contributed by atoms with Gasteiger partial charge in [0.05, 0.1) is 4.99 Å². The van der Waals surface area contributed by atoms with Crippen LogP contribution in [0.15, 0.2) is 30.3 Å². The third-order valence-corrected chi connectivity index (χ3v) is 4.45. The van der Waals surface area contributed by atoms with E-state index in [1.807, 2.05) is 30.3 Å². The van der Waals surface area contributed by atoms with Crippen LogP contribution in [0.4, 0.5) is 0 Å². The first-order valence-corrected chi connectivity index (χ1v) is 7.27. The molecule has 0 aliphatic carbocycles. The van der Waals surface area contributed by atoms with Crippen molar-refractivity contribution in [3.63, 3.8) is 0 Å². The quantitative estimate of drug-likeness (QED) is 0.788. The van der Waals surface area contributed by atoms with Gasteiger partial charge in [0.15, 0.2) is 0 Å². The van der Waals surface area contributed by atoms with E-state index in [2.05, 4.69) is 12.2 Å². The third-order valence-electron chi connectivity index (χ3n) is 2.27. The monoisotopic (exact) mass is 272 g/mol. The SMILES string of the molecule is CCN(Cc1ccccc1)S(=O)(=O)CC(N)=S. The first-order valence-electron chi connectivity index (χ1n) is 5.25. The minimum Gasteiger partial charge on any atom is -0.392 e. The fourth-order valence-electron chi connectivity index (χ4n) is 1.46. The lowest BCUT2D eigenvalue weighted by Crippen LogP contribution is -2.36. The molecule has 1 aromatic rings. The average Bonchev–Trinajstić information content (AvgIpc) is 2.25. The molecule has 0 aliphatic rings. The minimum absolute atomic E-state index is 0.00323. The predicted octanol–water partition coefficient (Wildman–Crippen LogP) is 1.12. The van der Waals surface area contributed by atoms with Crippen LogP contribution in [0.2, 0.25) is 0 Å². The molecule has 0 bridgehead atoms. The van der Waals surface area contributed by atoms with Crippen molar-refractivity contribution in [2.45, 2.75) is 13.5 Å². The molecule has 0 amide bonds. The summed E-state index contributed by atoms with van der Waals surface area (Å²) in [5, 5.41) is 0. The minimum atomic E-state index is -3.40. The van der Waals surface area contributed by atoms with E-state index in [0.29, 0.717) is 13.1 Å². The largest absolute Gasteiger partial charge is 0.392 e. The van der Waals surface area contributed by atoms with Gasteiger partial charge in [-0.2, -0.15) is 4.31 Å². The number of thiocarbonyl (C=S) groups is 1. The molecule has 4 nitrogen and oxygen atoms in total. The predicted molar refractivity (Wildman–Crippen MR) is 73.1 cm³/mol. The molecule has 17 heavy (non-hydrogen) atoms. The van der Waals surface area contributed by atoms with Gasteiger partial charge in [-0.3, -0.25) is 0 Å². The lowest BCUT2D eigenvalue weighted by atomic mass is 10.2. The van der Waals surface area contributed by atoms with Crippen LogP contribution in [0.5, 0.6) is 0 Å². The molecule has 2 N–H and O–H groups in total. The summed E-state index contributed by atoms with van der Waals surface area (Å²) in [6, 6.07) is 9.42. The van der Waals surface area contributed by atoms with Crippen LogP contribution in [0.1, 0.15) is 12.5 Å². The Kier molecular flexibility index (Phi) is 5.04. The van der Waals surface area contributed by atoms with Crippen molar-refractivity contribution in [2.75, 3.05) is 12.3 Å². The Labute approximate surface area is 107 Å². The van der Waals surface area contributed by atoms with Gasteiger partial charge >= 0.3 is 0 Å². The zero-order chi connectivity index (χ0) is 12.9. The summed E-state index contributed by atoms with van der Waals surface area (Å²) in [4.78, 5) is -0.00323.